The molecule has 0 saturated carbocycles. The van der Waals surface area contributed by atoms with Crippen LogP contribution in [-0.2, 0) is 18.4 Å². The third kappa shape index (κ3) is 3.09. The van der Waals surface area contributed by atoms with Crippen LogP contribution in [0.15, 0.2) is 0 Å². The van der Waals surface area contributed by atoms with Crippen molar-refractivity contribution in [2.75, 3.05) is 0 Å². The Morgan fingerprint density at radius 1 is 1.38 bits per heavy atom. The minimum absolute atomic E-state index is 0.00188. The first-order valence-electron chi connectivity index (χ1n) is 6.92. The Hall–Kier alpha value is -2.25. The lowest BCUT2D eigenvalue weighted by Crippen LogP contribution is -2.16. The molecule has 0 aromatic carbocycles. The fraction of sp³-hybridized carbons (Fsp3) is 0.615. The van der Waals surface area contributed by atoms with Crippen LogP contribution < -0.4 is 0 Å². The SMILES string of the molecule is CCC(CC(=O)O)Cn1nnnc1-c1c(C)nn(C)c1C. The minimum Gasteiger partial charge on any atom is -0.481 e. The topological polar surface area (TPSA) is 98.7 Å². The van der Waals surface area contributed by atoms with Crippen LogP contribution in [0.4, 0.5) is 0 Å². The molecule has 0 amide bonds. The lowest BCUT2D eigenvalue weighted by Gasteiger charge is -2.13. The molecule has 1 atom stereocenters. The standard InChI is InChI=1S/C13H20N6O2/c1-5-10(6-11(20)21)7-19-13(14-16-17-19)12-8(2)15-18(4)9(12)3/h10H,5-7H2,1-4H3,(H,20,21). The van der Waals surface area contributed by atoms with Crippen LogP contribution in [0.2, 0.25) is 0 Å². The van der Waals surface area contributed by atoms with Gasteiger partial charge in [0, 0.05) is 25.7 Å². The van der Waals surface area contributed by atoms with Crippen LogP contribution in [-0.4, -0.2) is 41.1 Å². The van der Waals surface area contributed by atoms with E-state index in [1.807, 2.05) is 27.8 Å². The Morgan fingerprint density at radius 2 is 2.10 bits per heavy atom. The number of carboxylic acids is 1. The number of carbonyl (C=O) groups is 1. The summed E-state index contributed by atoms with van der Waals surface area (Å²) in [5, 5.41) is 25.1. The summed E-state index contributed by atoms with van der Waals surface area (Å²) < 4.78 is 3.46. The molecule has 0 bridgehead atoms. The fourth-order valence-electron chi connectivity index (χ4n) is 2.43. The van der Waals surface area contributed by atoms with Gasteiger partial charge in [0.2, 0.25) is 0 Å². The third-order valence-electron chi connectivity index (χ3n) is 3.74. The second-order valence-electron chi connectivity index (χ2n) is 5.23. The lowest BCUT2D eigenvalue weighted by molar-refractivity contribution is -0.138. The maximum atomic E-state index is 10.9. The van der Waals surface area contributed by atoms with Crippen molar-refractivity contribution < 1.29 is 9.90 Å². The van der Waals surface area contributed by atoms with Gasteiger partial charge in [0.05, 0.1) is 11.3 Å². The highest BCUT2D eigenvalue weighted by Gasteiger charge is 2.21. The Bertz CT molecular complexity index is 645. The highest BCUT2D eigenvalue weighted by atomic mass is 16.4. The van der Waals surface area contributed by atoms with Crippen molar-refractivity contribution in [2.24, 2.45) is 13.0 Å². The zero-order chi connectivity index (χ0) is 15.6. The fourth-order valence-corrected chi connectivity index (χ4v) is 2.43. The van der Waals surface area contributed by atoms with Gasteiger partial charge in [0.15, 0.2) is 5.82 Å². The number of nitrogens with zero attached hydrogens (tertiary/aromatic N) is 6. The first-order valence-corrected chi connectivity index (χ1v) is 6.92. The van der Waals surface area contributed by atoms with Crippen molar-refractivity contribution in [3.05, 3.63) is 11.4 Å². The number of rotatable bonds is 6. The number of hydrogen-bond donors (Lipinski definition) is 1. The number of tetrazole rings is 1. The molecule has 0 aliphatic rings. The number of aliphatic carboxylic acids is 1. The predicted octanol–water partition coefficient (Wildman–Crippen LogP) is 1.19. The molecule has 2 aromatic heterocycles. The van der Waals surface area contributed by atoms with E-state index in [0.717, 1.165) is 23.4 Å². The number of hydrogen-bond acceptors (Lipinski definition) is 5. The van der Waals surface area contributed by atoms with E-state index in [-0.39, 0.29) is 12.3 Å². The second-order valence-corrected chi connectivity index (χ2v) is 5.23. The lowest BCUT2D eigenvalue weighted by atomic mass is 10.0. The Kier molecular flexibility index (Phi) is 4.35. The number of carboxylic acid groups (broad SMARTS) is 1. The summed E-state index contributed by atoms with van der Waals surface area (Å²) in [7, 11) is 1.87. The summed E-state index contributed by atoms with van der Waals surface area (Å²) in [4.78, 5) is 10.9. The van der Waals surface area contributed by atoms with Crippen molar-refractivity contribution in [2.45, 2.75) is 40.2 Å². The predicted molar refractivity (Wildman–Crippen MR) is 75.5 cm³/mol. The van der Waals surface area contributed by atoms with E-state index in [1.54, 1.807) is 9.36 Å². The Labute approximate surface area is 122 Å². The Morgan fingerprint density at radius 3 is 2.62 bits per heavy atom. The zero-order valence-electron chi connectivity index (χ0n) is 12.7. The van der Waals surface area contributed by atoms with Gasteiger partial charge < -0.3 is 5.11 Å². The molecule has 1 N–H and O–H groups in total. The summed E-state index contributed by atoms with van der Waals surface area (Å²) >= 11 is 0. The van der Waals surface area contributed by atoms with Crippen LogP contribution in [0, 0.1) is 19.8 Å². The monoisotopic (exact) mass is 292 g/mol. The van der Waals surface area contributed by atoms with E-state index < -0.39 is 5.97 Å². The molecule has 0 aliphatic carbocycles. The molecule has 8 heteroatoms. The van der Waals surface area contributed by atoms with Gasteiger partial charge in [-0.3, -0.25) is 9.48 Å². The summed E-state index contributed by atoms with van der Waals surface area (Å²) in [6, 6.07) is 0. The first kappa shape index (κ1) is 15.1. The number of aromatic nitrogens is 6. The normalized spacial score (nSPS) is 12.6. The van der Waals surface area contributed by atoms with E-state index >= 15 is 0 Å². The minimum atomic E-state index is -0.801. The average Bonchev–Trinajstić information content (AvgIpc) is 2.94. The summed E-state index contributed by atoms with van der Waals surface area (Å²) in [5.41, 5.74) is 2.75. The molecule has 8 nitrogen and oxygen atoms in total. The van der Waals surface area contributed by atoms with Gasteiger partial charge in [-0.05, 0) is 30.2 Å². The summed E-state index contributed by atoms with van der Waals surface area (Å²) in [5.74, 6) is -0.158. The van der Waals surface area contributed by atoms with Crippen LogP contribution in [0.25, 0.3) is 11.4 Å². The van der Waals surface area contributed by atoms with E-state index in [1.165, 1.54) is 0 Å². The van der Waals surface area contributed by atoms with Gasteiger partial charge >= 0.3 is 5.97 Å². The molecule has 1 unspecified atom stereocenters. The van der Waals surface area contributed by atoms with Gasteiger partial charge in [0.1, 0.15) is 0 Å². The smallest absolute Gasteiger partial charge is 0.303 e. The quantitative estimate of drug-likeness (QED) is 0.858. The van der Waals surface area contributed by atoms with Crippen molar-refractivity contribution in [1.29, 1.82) is 0 Å². The maximum absolute atomic E-state index is 10.9. The van der Waals surface area contributed by atoms with E-state index in [2.05, 4.69) is 20.6 Å². The molecule has 2 heterocycles. The van der Waals surface area contributed by atoms with E-state index in [4.69, 9.17) is 5.11 Å². The molecule has 2 rings (SSSR count). The molecule has 21 heavy (non-hydrogen) atoms. The van der Waals surface area contributed by atoms with Crippen LogP contribution in [0.5, 0.6) is 0 Å². The summed E-state index contributed by atoms with van der Waals surface area (Å²) in [6.07, 6.45) is 0.872. The van der Waals surface area contributed by atoms with Crippen molar-refractivity contribution >= 4 is 5.97 Å². The van der Waals surface area contributed by atoms with Gasteiger partial charge in [-0.15, -0.1) is 5.10 Å². The van der Waals surface area contributed by atoms with Gasteiger partial charge in [0.25, 0.3) is 0 Å². The van der Waals surface area contributed by atoms with Crippen molar-refractivity contribution in [3.63, 3.8) is 0 Å². The summed E-state index contributed by atoms with van der Waals surface area (Å²) in [6.45, 7) is 6.33. The molecule has 114 valence electrons. The highest BCUT2D eigenvalue weighted by Crippen LogP contribution is 2.25. The van der Waals surface area contributed by atoms with Gasteiger partial charge in [-0.2, -0.15) is 5.10 Å². The molecule has 0 radical (unpaired) electrons. The van der Waals surface area contributed by atoms with E-state index in [9.17, 15) is 4.79 Å². The molecular weight excluding hydrogens is 272 g/mol. The van der Waals surface area contributed by atoms with Crippen LogP contribution >= 0.6 is 0 Å². The third-order valence-corrected chi connectivity index (χ3v) is 3.74. The molecule has 0 spiro atoms. The first-order chi connectivity index (χ1) is 9.93. The van der Waals surface area contributed by atoms with Crippen molar-refractivity contribution in [1.82, 2.24) is 30.0 Å². The number of aryl methyl sites for hydroxylation is 2. The molecular formula is C13H20N6O2. The largest absolute Gasteiger partial charge is 0.481 e. The van der Waals surface area contributed by atoms with Crippen LogP contribution in [0.3, 0.4) is 0 Å². The van der Waals surface area contributed by atoms with Gasteiger partial charge in [-0.1, -0.05) is 13.3 Å². The zero-order valence-corrected chi connectivity index (χ0v) is 12.7. The molecule has 0 saturated heterocycles. The molecule has 0 aliphatic heterocycles. The average molecular weight is 292 g/mol. The maximum Gasteiger partial charge on any atom is 0.303 e. The molecule has 2 aromatic rings. The molecule has 0 fully saturated rings. The Balaban J connectivity index is 2.32. The second kappa shape index (κ2) is 6.02. The van der Waals surface area contributed by atoms with E-state index in [0.29, 0.717) is 12.4 Å². The van der Waals surface area contributed by atoms with Crippen LogP contribution in [0.1, 0.15) is 31.2 Å². The highest BCUT2D eigenvalue weighted by molar-refractivity contribution is 5.67. The van der Waals surface area contributed by atoms with Crippen molar-refractivity contribution in [3.8, 4) is 11.4 Å². The van der Waals surface area contributed by atoms with Gasteiger partial charge in [-0.25, -0.2) is 4.68 Å².